The van der Waals surface area contributed by atoms with Gasteiger partial charge in [0.15, 0.2) is 11.5 Å². The van der Waals surface area contributed by atoms with Crippen LogP contribution in [0.4, 0.5) is 0 Å². The summed E-state index contributed by atoms with van der Waals surface area (Å²) < 4.78 is 10.6. The molecule has 0 unspecified atom stereocenters. The predicted octanol–water partition coefficient (Wildman–Crippen LogP) is 4.30. The number of nitrogens with one attached hydrogen (secondary N) is 1. The van der Waals surface area contributed by atoms with Gasteiger partial charge in [0.2, 0.25) is 0 Å². The Labute approximate surface area is 180 Å². The standard InChI is InChI=1S/C25H34N2O3/c1-19-6-5-15-27(17-19)18-21-8-11-22(12-9-21)25(28)26-14-4-7-20-10-13-23(29-2)24(16-20)30-3/h8-13,16,19H,4-7,14-15,17-18H2,1-3H3,(H,26,28)/t19-/m0/s1. The number of carbonyl (C=O) groups excluding carboxylic acids is 1. The largest absolute Gasteiger partial charge is 0.493 e. The molecule has 1 atom stereocenters. The lowest BCUT2D eigenvalue weighted by Gasteiger charge is -2.30. The number of aryl methyl sites for hydroxylation is 1. The Morgan fingerprint density at radius 2 is 1.80 bits per heavy atom. The van der Waals surface area contributed by atoms with Gasteiger partial charge < -0.3 is 14.8 Å². The van der Waals surface area contributed by atoms with Gasteiger partial charge in [-0.2, -0.15) is 0 Å². The van der Waals surface area contributed by atoms with Crippen LogP contribution in [-0.2, 0) is 13.0 Å². The van der Waals surface area contributed by atoms with Gasteiger partial charge in [-0.3, -0.25) is 9.69 Å². The average Bonchev–Trinajstić information content (AvgIpc) is 2.77. The van der Waals surface area contributed by atoms with Crippen molar-refractivity contribution in [3.8, 4) is 11.5 Å². The number of rotatable bonds is 9. The molecule has 0 radical (unpaired) electrons. The highest BCUT2D eigenvalue weighted by molar-refractivity contribution is 5.94. The lowest BCUT2D eigenvalue weighted by Crippen LogP contribution is -2.33. The van der Waals surface area contributed by atoms with Crippen molar-refractivity contribution in [1.29, 1.82) is 0 Å². The minimum Gasteiger partial charge on any atom is -0.493 e. The number of nitrogens with zero attached hydrogens (tertiary/aromatic N) is 1. The Bertz CT molecular complexity index is 820. The third kappa shape index (κ3) is 6.23. The van der Waals surface area contributed by atoms with Crippen molar-refractivity contribution in [3.05, 3.63) is 59.2 Å². The summed E-state index contributed by atoms with van der Waals surface area (Å²) in [5.41, 5.74) is 3.16. The fourth-order valence-corrected chi connectivity index (χ4v) is 4.08. The van der Waals surface area contributed by atoms with Crippen molar-refractivity contribution >= 4 is 5.91 Å². The van der Waals surface area contributed by atoms with Crippen molar-refractivity contribution in [1.82, 2.24) is 10.2 Å². The molecule has 0 saturated carbocycles. The first-order valence-corrected chi connectivity index (χ1v) is 10.9. The maximum Gasteiger partial charge on any atom is 0.251 e. The Balaban J connectivity index is 1.42. The molecule has 0 aromatic heterocycles. The summed E-state index contributed by atoms with van der Waals surface area (Å²) in [6, 6.07) is 14.0. The zero-order valence-corrected chi connectivity index (χ0v) is 18.4. The summed E-state index contributed by atoms with van der Waals surface area (Å²) in [6.07, 6.45) is 4.35. The van der Waals surface area contributed by atoms with E-state index in [1.807, 2.05) is 30.3 Å². The maximum atomic E-state index is 12.4. The minimum absolute atomic E-state index is 0.0135. The summed E-state index contributed by atoms with van der Waals surface area (Å²) >= 11 is 0. The van der Waals surface area contributed by atoms with E-state index in [2.05, 4.69) is 29.3 Å². The molecule has 162 valence electrons. The molecule has 0 aliphatic carbocycles. The molecule has 5 nitrogen and oxygen atoms in total. The van der Waals surface area contributed by atoms with Crippen LogP contribution in [0, 0.1) is 5.92 Å². The minimum atomic E-state index is -0.0135. The van der Waals surface area contributed by atoms with Crippen LogP contribution >= 0.6 is 0 Å². The maximum absolute atomic E-state index is 12.4. The highest BCUT2D eigenvalue weighted by Gasteiger charge is 2.16. The second kappa shape index (κ2) is 11.0. The van der Waals surface area contributed by atoms with Gasteiger partial charge in [-0.05, 0) is 73.5 Å². The Morgan fingerprint density at radius 1 is 1.07 bits per heavy atom. The van der Waals surface area contributed by atoms with Gasteiger partial charge in [0.1, 0.15) is 0 Å². The molecule has 1 aliphatic heterocycles. The number of carbonyl (C=O) groups is 1. The Hall–Kier alpha value is -2.53. The fraction of sp³-hybridized carbons (Fsp3) is 0.480. The van der Waals surface area contributed by atoms with Gasteiger partial charge in [0.05, 0.1) is 14.2 Å². The topological polar surface area (TPSA) is 50.8 Å². The number of hydrogen-bond donors (Lipinski definition) is 1. The normalized spacial score (nSPS) is 16.8. The molecule has 0 spiro atoms. The first-order chi connectivity index (χ1) is 14.6. The molecule has 1 amide bonds. The summed E-state index contributed by atoms with van der Waals surface area (Å²) in [5.74, 6) is 2.23. The molecule has 1 saturated heterocycles. The number of piperidine rings is 1. The number of hydrogen-bond acceptors (Lipinski definition) is 4. The van der Waals surface area contributed by atoms with Crippen LogP contribution in [-0.4, -0.2) is 44.7 Å². The lowest BCUT2D eigenvalue weighted by molar-refractivity contribution is 0.0953. The van der Waals surface area contributed by atoms with Crippen LogP contribution in [0.3, 0.4) is 0 Å². The van der Waals surface area contributed by atoms with E-state index in [9.17, 15) is 4.79 Å². The zero-order chi connectivity index (χ0) is 21.3. The molecule has 1 aliphatic rings. The van der Waals surface area contributed by atoms with Gasteiger partial charge >= 0.3 is 0 Å². The Morgan fingerprint density at radius 3 is 2.50 bits per heavy atom. The van der Waals surface area contributed by atoms with E-state index < -0.39 is 0 Å². The van der Waals surface area contributed by atoms with Gasteiger partial charge in [-0.1, -0.05) is 25.1 Å². The number of methoxy groups -OCH3 is 2. The molecule has 1 heterocycles. The Kier molecular flexibility index (Phi) is 8.14. The third-order valence-corrected chi connectivity index (χ3v) is 5.74. The van der Waals surface area contributed by atoms with Crippen LogP contribution < -0.4 is 14.8 Å². The highest BCUT2D eigenvalue weighted by Crippen LogP contribution is 2.27. The molecule has 0 bridgehead atoms. The first-order valence-electron chi connectivity index (χ1n) is 10.9. The van der Waals surface area contributed by atoms with Gasteiger partial charge in [-0.25, -0.2) is 0 Å². The van der Waals surface area contributed by atoms with E-state index in [1.165, 1.54) is 37.1 Å². The molecule has 2 aromatic rings. The van der Waals surface area contributed by atoms with E-state index in [1.54, 1.807) is 14.2 Å². The average molecular weight is 411 g/mol. The monoisotopic (exact) mass is 410 g/mol. The van der Waals surface area contributed by atoms with E-state index in [0.717, 1.165) is 42.4 Å². The number of benzene rings is 2. The van der Waals surface area contributed by atoms with Crippen molar-refractivity contribution in [3.63, 3.8) is 0 Å². The van der Waals surface area contributed by atoms with Crippen LogP contribution in [0.15, 0.2) is 42.5 Å². The van der Waals surface area contributed by atoms with E-state index in [4.69, 9.17) is 9.47 Å². The summed E-state index contributed by atoms with van der Waals surface area (Å²) in [5, 5.41) is 3.02. The molecular weight excluding hydrogens is 376 g/mol. The SMILES string of the molecule is COc1ccc(CCCNC(=O)c2ccc(CN3CCC[C@H](C)C3)cc2)cc1OC. The third-order valence-electron chi connectivity index (χ3n) is 5.74. The number of amides is 1. The summed E-state index contributed by atoms with van der Waals surface area (Å²) in [4.78, 5) is 14.9. The van der Waals surface area contributed by atoms with Gasteiger partial charge in [0.25, 0.3) is 5.91 Å². The molecule has 1 fully saturated rings. The van der Waals surface area contributed by atoms with Crippen molar-refractivity contribution in [2.75, 3.05) is 33.9 Å². The van der Waals surface area contributed by atoms with E-state index in [-0.39, 0.29) is 5.91 Å². The number of likely N-dealkylation sites (tertiary alicyclic amines) is 1. The predicted molar refractivity (Wildman–Crippen MR) is 120 cm³/mol. The molecule has 30 heavy (non-hydrogen) atoms. The van der Waals surface area contributed by atoms with Crippen molar-refractivity contribution in [2.24, 2.45) is 5.92 Å². The van der Waals surface area contributed by atoms with Crippen LogP contribution in [0.1, 0.15) is 47.7 Å². The molecular formula is C25H34N2O3. The van der Waals surface area contributed by atoms with Crippen LogP contribution in [0.5, 0.6) is 11.5 Å². The smallest absolute Gasteiger partial charge is 0.251 e. The quantitative estimate of drug-likeness (QED) is 0.626. The highest BCUT2D eigenvalue weighted by atomic mass is 16.5. The van der Waals surface area contributed by atoms with Crippen LogP contribution in [0.2, 0.25) is 0 Å². The fourth-order valence-electron chi connectivity index (χ4n) is 4.08. The lowest BCUT2D eigenvalue weighted by atomic mass is 9.99. The van der Waals surface area contributed by atoms with E-state index in [0.29, 0.717) is 6.54 Å². The second-order valence-corrected chi connectivity index (χ2v) is 8.23. The number of ether oxygens (including phenoxy) is 2. The summed E-state index contributed by atoms with van der Waals surface area (Å²) in [7, 11) is 3.27. The second-order valence-electron chi connectivity index (χ2n) is 8.23. The molecule has 3 rings (SSSR count). The molecule has 1 N–H and O–H groups in total. The zero-order valence-electron chi connectivity index (χ0n) is 18.4. The van der Waals surface area contributed by atoms with Crippen molar-refractivity contribution < 1.29 is 14.3 Å². The van der Waals surface area contributed by atoms with Crippen LogP contribution in [0.25, 0.3) is 0 Å². The first kappa shape index (κ1) is 22.2. The molecule has 2 aromatic carbocycles. The van der Waals surface area contributed by atoms with E-state index >= 15 is 0 Å². The van der Waals surface area contributed by atoms with Gasteiger partial charge in [0, 0.05) is 25.2 Å². The molecule has 5 heteroatoms. The van der Waals surface area contributed by atoms with Crippen molar-refractivity contribution in [2.45, 2.75) is 39.2 Å². The van der Waals surface area contributed by atoms with Gasteiger partial charge in [-0.15, -0.1) is 0 Å². The summed E-state index contributed by atoms with van der Waals surface area (Å²) in [6.45, 7) is 6.28.